The van der Waals surface area contributed by atoms with Crippen LogP contribution in [0, 0.1) is 11.8 Å². The number of nitrogens with one attached hydrogen (secondary N) is 2. The van der Waals surface area contributed by atoms with Gasteiger partial charge in [0.15, 0.2) is 0 Å². The van der Waals surface area contributed by atoms with Crippen LogP contribution in [-0.2, 0) is 9.53 Å². The molecular formula is C22H32N2O3. The van der Waals surface area contributed by atoms with E-state index in [2.05, 4.69) is 10.6 Å². The largest absolute Gasteiger partial charge is 0.456 e. The number of amides is 1. The molecule has 5 heteroatoms. The van der Waals surface area contributed by atoms with E-state index in [9.17, 15) is 9.59 Å². The Kier molecular flexibility index (Phi) is 6.20. The maximum absolute atomic E-state index is 12.8. The normalized spacial score (nSPS) is 23.8. The van der Waals surface area contributed by atoms with Gasteiger partial charge >= 0.3 is 5.97 Å². The van der Waals surface area contributed by atoms with Gasteiger partial charge in [0.2, 0.25) is 5.91 Å². The fourth-order valence-corrected chi connectivity index (χ4v) is 4.33. The molecule has 0 unspecified atom stereocenters. The second kappa shape index (κ2) is 8.42. The molecule has 2 atom stereocenters. The zero-order valence-electron chi connectivity index (χ0n) is 16.7. The molecule has 1 aliphatic carbocycles. The van der Waals surface area contributed by atoms with E-state index in [-0.39, 0.29) is 17.9 Å². The Hall–Kier alpha value is -1.88. The van der Waals surface area contributed by atoms with Crippen LogP contribution in [0.3, 0.4) is 0 Å². The van der Waals surface area contributed by atoms with E-state index in [0.29, 0.717) is 23.1 Å². The highest BCUT2D eigenvalue weighted by molar-refractivity contribution is 5.96. The molecule has 0 bridgehead atoms. The van der Waals surface area contributed by atoms with Gasteiger partial charge in [-0.2, -0.15) is 0 Å². The molecule has 27 heavy (non-hydrogen) atoms. The van der Waals surface area contributed by atoms with Crippen LogP contribution in [0.2, 0.25) is 0 Å². The van der Waals surface area contributed by atoms with Crippen molar-refractivity contribution in [2.75, 3.05) is 11.9 Å². The van der Waals surface area contributed by atoms with Crippen LogP contribution < -0.4 is 10.6 Å². The van der Waals surface area contributed by atoms with Gasteiger partial charge in [-0.05, 0) is 69.8 Å². The molecule has 1 aliphatic heterocycles. The molecular weight excluding hydrogens is 340 g/mol. The van der Waals surface area contributed by atoms with Crippen molar-refractivity contribution in [2.24, 2.45) is 11.8 Å². The average Bonchev–Trinajstić information content (AvgIpc) is 3.11. The van der Waals surface area contributed by atoms with Crippen LogP contribution in [0.4, 0.5) is 5.69 Å². The smallest absolute Gasteiger partial charge is 0.338 e. The first-order valence-corrected chi connectivity index (χ1v) is 10.2. The second-order valence-corrected chi connectivity index (χ2v) is 8.85. The number of hydrogen-bond acceptors (Lipinski definition) is 4. The molecule has 148 valence electrons. The van der Waals surface area contributed by atoms with Crippen molar-refractivity contribution in [3.63, 3.8) is 0 Å². The molecule has 2 N–H and O–H groups in total. The number of esters is 1. The lowest BCUT2D eigenvalue weighted by molar-refractivity contribution is -0.119. The molecule has 1 aromatic carbocycles. The Labute approximate surface area is 162 Å². The van der Waals surface area contributed by atoms with Gasteiger partial charge in [0.25, 0.3) is 0 Å². The molecule has 0 aromatic heterocycles. The highest BCUT2D eigenvalue weighted by atomic mass is 16.6. The maximum Gasteiger partial charge on any atom is 0.338 e. The summed E-state index contributed by atoms with van der Waals surface area (Å²) in [6.45, 7) is 6.45. The third kappa shape index (κ3) is 5.32. The van der Waals surface area contributed by atoms with Crippen molar-refractivity contribution >= 4 is 17.6 Å². The number of anilines is 1. The van der Waals surface area contributed by atoms with Crippen molar-refractivity contribution in [3.05, 3.63) is 29.8 Å². The van der Waals surface area contributed by atoms with Crippen molar-refractivity contribution in [1.29, 1.82) is 0 Å². The summed E-state index contributed by atoms with van der Waals surface area (Å²) in [5.74, 6) is 0.786. The Morgan fingerprint density at radius 2 is 1.70 bits per heavy atom. The zero-order valence-corrected chi connectivity index (χ0v) is 16.7. The molecule has 3 rings (SSSR count). The molecule has 0 spiro atoms. The van der Waals surface area contributed by atoms with Crippen molar-refractivity contribution < 1.29 is 14.3 Å². The number of carbonyl (C=O) groups is 2. The topological polar surface area (TPSA) is 67.4 Å². The first kappa shape index (κ1) is 19.9. The summed E-state index contributed by atoms with van der Waals surface area (Å²) in [6, 6.07) is 6.82. The van der Waals surface area contributed by atoms with E-state index in [1.165, 1.54) is 32.1 Å². The predicted molar refractivity (Wildman–Crippen MR) is 107 cm³/mol. The summed E-state index contributed by atoms with van der Waals surface area (Å²) in [7, 11) is 0. The minimum Gasteiger partial charge on any atom is -0.456 e. The Balaban J connectivity index is 1.59. The van der Waals surface area contributed by atoms with Gasteiger partial charge in [0.1, 0.15) is 5.60 Å². The van der Waals surface area contributed by atoms with Gasteiger partial charge in [-0.15, -0.1) is 0 Å². The van der Waals surface area contributed by atoms with E-state index >= 15 is 0 Å². The fourth-order valence-electron chi connectivity index (χ4n) is 4.33. The van der Waals surface area contributed by atoms with Gasteiger partial charge < -0.3 is 15.4 Å². The lowest BCUT2D eigenvalue weighted by Crippen LogP contribution is -2.42. The first-order valence-electron chi connectivity index (χ1n) is 10.2. The molecule has 2 fully saturated rings. The minimum absolute atomic E-state index is 0.0353. The minimum atomic E-state index is -0.522. The molecule has 1 heterocycles. The van der Waals surface area contributed by atoms with Gasteiger partial charge in [-0.3, -0.25) is 4.79 Å². The number of benzene rings is 1. The third-order valence-corrected chi connectivity index (χ3v) is 5.59. The number of rotatable bonds is 4. The standard InChI is InChI=1S/C22H32N2O3/c1-22(2,3)27-21(26)16-9-11-17(12-10-16)24-20(25)19-18(13-14-23-19)15-7-5-4-6-8-15/h9-12,15,18-19,23H,4-8,13-14H2,1-3H3,(H,24,25)/t18-,19+/m0/s1. The quantitative estimate of drug-likeness (QED) is 0.780. The van der Waals surface area contributed by atoms with E-state index in [0.717, 1.165) is 13.0 Å². The molecule has 1 aromatic rings. The molecule has 1 amide bonds. The average molecular weight is 373 g/mol. The van der Waals surface area contributed by atoms with Crippen molar-refractivity contribution in [3.8, 4) is 0 Å². The Bertz CT molecular complexity index is 657. The molecule has 1 saturated carbocycles. The van der Waals surface area contributed by atoms with Crippen LogP contribution >= 0.6 is 0 Å². The fraction of sp³-hybridized carbons (Fsp3) is 0.636. The number of carbonyl (C=O) groups excluding carboxylic acids is 2. The lowest BCUT2D eigenvalue weighted by Gasteiger charge is -2.30. The third-order valence-electron chi connectivity index (χ3n) is 5.59. The van der Waals surface area contributed by atoms with Gasteiger partial charge in [-0.1, -0.05) is 32.1 Å². The summed E-state index contributed by atoms with van der Waals surface area (Å²) >= 11 is 0. The second-order valence-electron chi connectivity index (χ2n) is 8.85. The van der Waals surface area contributed by atoms with E-state index in [1.807, 2.05) is 20.8 Å². The maximum atomic E-state index is 12.8. The SMILES string of the molecule is CC(C)(C)OC(=O)c1ccc(NC(=O)[C@@H]2NCC[C@H]2C2CCCCC2)cc1. The summed E-state index contributed by atoms with van der Waals surface area (Å²) in [5.41, 5.74) is 0.678. The van der Waals surface area contributed by atoms with Crippen LogP contribution in [0.15, 0.2) is 24.3 Å². The molecule has 1 saturated heterocycles. The highest BCUT2D eigenvalue weighted by Crippen LogP contribution is 2.36. The van der Waals surface area contributed by atoms with E-state index in [1.54, 1.807) is 24.3 Å². The summed E-state index contributed by atoms with van der Waals surface area (Å²) in [4.78, 5) is 24.9. The van der Waals surface area contributed by atoms with Crippen LogP contribution in [0.1, 0.15) is 69.7 Å². The van der Waals surface area contributed by atoms with Crippen LogP contribution in [0.25, 0.3) is 0 Å². The summed E-state index contributed by atoms with van der Waals surface area (Å²) in [6.07, 6.45) is 7.50. The lowest BCUT2D eigenvalue weighted by atomic mass is 9.76. The van der Waals surface area contributed by atoms with Crippen molar-refractivity contribution in [1.82, 2.24) is 5.32 Å². The number of ether oxygens (including phenoxy) is 1. The molecule has 2 aliphatic rings. The van der Waals surface area contributed by atoms with E-state index < -0.39 is 5.60 Å². The summed E-state index contributed by atoms with van der Waals surface area (Å²) < 4.78 is 5.37. The van der Waals surface area contributed by atoms with Gasteiger partial charge in [-0.25, -0.2) is 4.79 Å². The van der Waals surface area contributed by atoms with Gasteiger partial charge in [0.05, 0.1) is 11.6 Å². The zero-order chi connectivity index (χ0) is 19.4. The van der Waals surface area contributed by atoms with E-state index in [4.69, 9.17) is 4.74 Å². The predicted octanol–water partition coefficient (Wildman–Crippen LogP) is 4.14. The molecule has 0 radical (unpaired) electrons. The van der Waals surface area contributed by atoms with Crippen molar-refractivity contribution in [2.45, 2.75) is 70.9 Å². The first-order chi connectivity index (χ1) is 12.8. The van der Waals surface area contributed by atoms with Gasteiger partial charge in [0, 0.05) is 5.69 Å². The summed E-state index contributed by atoms with van der Waals surface area (Å²) in [5, 5.41) is 6.41. The van der Waals surface area contributed by atoms with Crippen LogP contribution in [0.5, 0.6) is 0 Å². The monoisotopic (exact) mass is 372 g/mol. The Morgan fingerprint density at radius 3 is 2.33 bits per heavy atom. The van der Waals surface area contributed by atoms with Crippen LogP contribution in [-0.4, -0.2) is 30.1 Å². The Morgan fingerprint density at radius 1 is 1.04 bits per heavy atom. The highest BCUT2D eigenvalue weighted by Gasteiger charge is 2.38. The molecule has 5 nitrogen and oxygen atoms in total. The number of hydrogen-bond donors (Lipinski definition) is 2.